The summed E-state index contributed by atoms with van der Waals surface area (Å²) in [5.74, 6) is 0.593. The second-order valence-corrected chi connectivity index (χ2v) is 5.11. The topological polar surface area (TPSA) is 26.0 Å². The predicted molar refractivity (Wildman–Crippen MR) is 63.4 cm³/mol. The molecule has 0 aliphatic heterocycles. The fraction of sp³-hybridized carbons (Fsp3) is 0.455. The lowest BCUT2D eigenvalue weighted by Gasteiger charge is -2.13. The molecular weight excluding hydrogens is 292 g/mol. The molecule has 0 bridgehead atoms. The summed E-state index contributed by atoms with van der Waals surface area (Å²) < 4.78 is 14.1. The predicted octanol–water partition coefficient (Wildman–Crippen LogP) is 3.23. The molecule has 1 aliphatic carbocycles. The van der Waals surface area contributed by atoms with Gasteiger partial charge >= 0.3 is 0 Å². The number of nitrogens with two attached hydrogens (primary N) is 1. The van der Waals surface area contributed by atoms with Crippen LogP contribution in [0.2, 0.25) is 0 Å². The Kier molecular flexibility index (Phi) is 3.07. The van der Waals surface area contributed by atoms with Gasteiger partial charge in [0.25, 0.3) is 0 Å². The minimum Gasteiger partial charge on any atom is -0.324 e. The molecule has 0 aromatic heterocycles. The van der Waals surface area contributed by atoms with E-state index in [0.29, 0.717) is 0 Å². The highest BCUT2D eigenvalue weighted by atomic mass is 127. The van der Waals surface area contributed by atoms with E-state index in [2.05, 4.69) is 22.6 Å². The maximum absolute atomic E-state index is 13.0. The van der Waals surface area contributed by atoms with Crippen molar-refractivity contribution in [3.05, 3.63) is 33.1 Å². The Balaban J connectivity index is 2.15. The molecule has 1 fully saturated rings. The summed E-state index contributed by atoms with van der Waals surface area (Å²) in [5.41, 5.74) is 6.99. The van der Waals surface area contributed by atoms with Crippen molar-refractivity contribution < 1.29 is 4.39 Å². The molecule has 0 amide bonds. The molecule has 3 heteroatoms. The second-order valence-electron chi connectivity index (χ2n) is 3.95. The molecule has 2 N–H and O–H groups in total. The fourth-order valence-electron chi connectivity index (χ4n) is 1.64. The van der Waals surface area contributed by atoms with Crippen molar-refractivity contribution in [2.45, 2.75) is 25.3 Å². The van der Waals surface area contributed by atoms with Crippen LogP contribution in [-0.4, -0.2) is 0 Å². The Morgan fingerprint density at radius 3 is 2.86 bits per heavy atom. The molecule has 14 heavy (non-hydrogen) atoms. The lowest BCUT2D eigenvalue weighted by Crippen LogP contribution is -2.12. The molecule has 1 aliphatic rings. The highest BCUT2D eigenvalue weighted by Gasteiger charge is 2.25. The lowest BCUT2D eigenvalue weighted by molar-refractivity contribution is 0.581. The molecule has 2 rings (SSSR count). The van der Waals surface area contributed by atoms with Gasteiger partial charge in [-0.15, -0.1) is 0 Å². The van der Waals surface area contributed by atoms with Crippen LogP contribution < -0.4 is 5.73 Å². The average molecular weight is 305 g/mol. The standard InChI is InChI=1S/C11H13FIN/c12-8-3-4-10(13)9(6-8)11(14)5-7-1-2-7/h3-4,6-7,11H,1-2,5,14H2/t11-/m1/s1. The van der Waals surface area contributed by atoms with E-state index >= 15 is 0 Å². The largest absolute Gasteiger partial charge is 0.324 e. The molecular formula is C11H13FIN. The molecule has 1 aromatic rings. The first kappa shape index (κ1) is 10.4. The normalized spacial score (nSPS) is 18.2. The van der Waals surface area contributed by atoms with Crippen LogP contribution in [0.15, 0.2) is 18.2 Å². The fourth-order valence-corrected chi connectivity index (χ4v) is 2.37. The molecule has 1 atom stereocenters. The van der Waals surface area contributed by atoms with E-state index in [1.807, 2.05) is 0 Å². The third kappa shape index (κ3) is 2.45. The van der Waals surface area contributed by atoms with Crippen LogP contribution in [0, 0.1) is 15.3 Å². The Morgan fingerprint density at radius 1 is 1.50 bits per heavy atom. The summed E-state index contributed by atoms with van der Waals surface area (Å²) in [6.07, 6.45) is 3.58. The van der Waals surface area contributed by atoms with Gasteiger partial charge < -0.3 is 5.73 Å². The van der Waals surface area contributed by atoms with Crippen LogP contribution in [0.4, 0.5) is 4.39 Å². The molecule has 0 unspecified atom stereocenters. The quantitative estimate of drug-likeness (QED) is 0.853. The number of halogens is 2. The van der Waals surface area contributed by atoms with Gasteiger partial charge in [-0.25, -0.2) is 4.39 Å². The Bertz CT molecular complexity index is 336. The summed E-state index contributed by atoms with van der Waals surface area (Å²) in [6.45, 7) is 0. The van der Waals surface area contributed by atoms with Crippen molar-refractivity contribution in [2.24, 2.45) is 11.7 Å². The van der Waals surface area contributed by atoms with Gasteiger partial charge in [-0.05, 0) is 58.7 Å². The van der Waals surface area contributed by atoms with Gasteiger partial charge in [0.1, 0.15) is 5.82 Å². The first-order valence-electron chi connectivity index (χ1n) is 4.87. The monoisotopic (exact) mass is 305 g/mol. The molecule has 0 spiro atoms. The molecule has 1 nitrogen and oxygen atoms in total. The second kappa shape index (κ2) is 4.14. The first-order valence-corrected chi connectivity index (χ1v) is 5.95. The van der Waals surface area contributed by atoms with Crippen LogP contribution in [0.3, 0.4) is 0 Å². The van der Waals surface area contributed by atoms with Crippen molar-refractivity contribution in [3.8, 4) is 0 Å². The third-order valence-electron chi connectivity index (χ3n) is 2.64. The highest BCUT2D eigenvalue weighted by Crippen LogP contribution is 2.37. The number of benzene rings is 1. The summed E-state index contributed by atoms with van der Waals surface area (Å²) in [5, 5.41) is 0. The summed E-state index contributed by atoms with van der Waals surface area (Å²) in [6, 6.07) is 4.84. The molecule has 1 saturated carbocycles. The van der Waals surface area contributed by atoms with Crippen molar-refractivity contribution >= 4 is 22.6 Å². The van der Waals surface area contributed by atoms with Crippen molar-refractivity contribution in [1.29, 1.82) is 0 Å². The molecule has 1 aromatic carbocycles. The van der Waals surface area contributed by atoms with Gasteiger partial charge in [-0.3, -0.25) is 0 Å². The zero-order chi connectivity index (χ0) is 10.1. The van der Waals surface area contributed by atoms with E-state index in [1.165, 1.54) is 18.9 Å². The van der Waals surface area contributed by atoms with Crippen molar-refractivity contribution in [3.63, 3.8) is 0 Å². The van der Waals surface area contributed by atoms with E-state index in [0.717, 1.165) is 21.5 Å². The molecule has 0 heterocycles. The van der Waals surface area contributed by atoms with E-state index in [4.69, 9.17) is 5.73 Å². The Labute approximate surface area is 97.0 Å². The van der Waals surface area contributed by atoms with E-state index in [-0.39, 0.29) is 11.9 Å². The number of hydrogen-bond donors (Lipinski definition) is 1. The maximum atomic E-state index is 13.0. The third-order valence-corrected chi connectivity index (χ3v) is 3.62. The minimum atomic E-state index is -0.188. The first-order chi connectivity index (χ1) is 6.66. The lowest BCUT2D eigenvalue weighted by atomic mass is 10.0. The zero-order valence-corrected chi connectivity index (χ0v) is 10.00. The molecule has 76 valence electrons. The number of rotatable bonds is 3. The van der Waals surface area contributed by atoms with Crippen LogP contribution in [0.25, 0.3) is 0 Å². The highest BCUT2D eigenvalue weighted by molar-refractivity contribution is 14.1. The van der Waals surface area contributed by atoms with E-state index in [1.54, 1.807) is 12.1 Å². The Hall–Kier alpha value is -0.160. The summed E-state index contributed by atoms with van der Waals surface area (Å²) >= 11 is 2.21. The van der Waals surface area contributed by atoms with Gasteiger partial charge in [0.2, 0.25) is 0 Å². The SMILES string of the molecule is N[C@H](CC1CC1)c1cc(F)ccc1I. The van der Waals surface area contributed by atoms with Crippen LogP contribution >= 0.6 is 22.6 Å². The van der Waals surface area contributed by atoms with E-state index in [9.17, 15) is 4.39 Å². The minimum absolute atomic E-state index is 0.00472. The zero-order valence-electron chi connectivity index (χ0n) is 7.84. The maximum Gasteiger partial charge on any atom is 0.123 e. The summed E-state index contributed by atoms with van der Waals surface area (Å²) in [7, 11) is 0. The van der Waals surface area contributed by atoms with Gasteiger partial charge in [0, 0.05) is 9.61 Å². The number of hydrogen-bond acceptors (Lipinski definition) is 1. The smallest absolute Gasteiger partial charge is 0.123 e. The van der Waals surface area contributed by atoms with Crippen LogP contribution in [-0.2, 0) is 0 Å². The van der Waals surface area contributed by atoms with Gasteiger partial charge in [-0.1, -0.05) is 12.8 Å². The molecule has 0 radical (unpaired) electrons. The Morgan fingerprint density at radius 2 is 2.21 bits per heavy atom. The van der Waals surface area contributed by atoms with Gasteiger partial charge in [0.15, 0.2) is 0 Å². The van der Waals surface area contributed by atoms with Gasteiger partial charge in [-0.2, -0.15) is 0 Å². The molecule has 0 saturated heterocycles. The van der Waals surface area contributed by atoms with Crippen molar-refractivity contribution in [1.82, 2.24) is 0 Å². The average Bonchev–Trinajstić information content (AvgIpc) is 2.93. The van der Waals surface area contributed by atoms with Crippen LogP contribution in [0.1, 0.15) is 30.9 Å². The van der Waals surface area contributed by atoms with Crippen molar-refractivity contribution in [2.75, 3.05) is 0 Å². The van der Waals surface area contributed by atoms with Gasteiger partial charge in [0.05, 0.1) is 0 Å². The summed E-state index contributed by atoms with van der Waals surface area (Å²) in [4.78, 5) is 0. The van der Waals surface area contributed by atoms with Crippen LogP contribution in [0.5, 0.6) is 0 Å². The van der Waals surface area contributed by atoms with E-state index < -0.39 is 0 Å².